The van der Waals surface area contributed by atoms with Crippen LogP contribution >= 0.6 is 0 Å². The maximum Gasteiger partial charge on any atom is 0.317 e. The standard InChI is InChI=1S/C14H26N2O2/c1-10-5-7-16(8-6-10)13(17)15-11-9-12(18-4)14(11,2)3/h10-12H,5-9H2,1-4H3,(H,15,17). The first-order valence-electron chi connectivity index (χ1n) is 7.03. The number of rotatable bonds is 2. The average molecular weight is 254 g/mol. The summed E-state index contributed by atoms with van der Waals surface area (Å²) < 4.78 is 5.41. The number of piperidine rings is 1. The Kier molecular flexibility index (Phi) is 3.85. The molecule has 0 bridgehead atoms. The maximum absolute atomic E-state index is 12.2. The van der Waals surface area contributed by atoms with Gasteiger partial charge in [-0.2, -0.15) is 0 Å². The van der Waals surface area contributed by atoms with E-state index in [1.807, 2.05) is 4.90 Å². The van der Waals surface area contributed by atoms with E-state index in [4.69, 9.17) is 4.74 Å². The van der Waals surface area contributed by atoms with Gasteiger partial charge in [-0.25, -0.2) is 4.79 Å². The number of hydrogen-bond acceptors (Lipinski definition) is 2. The highest BCUT2D eigenvalue weighted by Gasteiger charge is 2.49. The van der Waals surface area contributed by atoms with Crippen LogP contribution in [0.2, 0.25) is 0 Å². The van der Waals surface area contributed by atoms with Crippen LogP contribution in [0.1, 0.15) is 40.0 Å². The van der Waals surface area contributed by atoms with E-state index in [1.165, 1.54) is 0 Å². The molecule has 18 heavy (non-hydrogen) atoms. The molecule has 2 fully saturated rings. The highest BCUT2D eigenvalue weighted by Crippen LogP contribution is 2.42. The predicted molar refractivity (Wildman–Crippen MR) is 71.5 cm³/mol. The number of urea groups is 1. The Bertz CT molecular complexity index is 309. The molecule has 1 N–H and O–H groups in total. The Morgan fingerprint density at radius 1 is 1.33 bits per heavy atom. The molecule has 1 saturated carbocycles. The minimum absolute atomic E-state index is 0.0491. The molecule has 2 unspecified atom stereocenters. The summed E-state index contributed by atoms with van der Waals surface area (Å²) in [5.74, 6) is 0.757. The van der Waals surface area contributed by atoms with Crippen LogP contribution in [0.15, 0.2) is 0 Å². The van der Waals surface area contributed by atoms with Crippen LogP contribution in [0.4, 0.5) is 4.79 Å². The molecule has 1 heterocycles. The van der Waals surface area contributed by atoms with Crippen LogP contribution in [-0.4, -0.2) is 43.3 Å². The van der Waals surface area contributed by atoms with Gasteiger partial charge < -0.3 is 15.0 Å². The Balaban J connectivity index is 1.82. The lowest BCUT2D eigenvalue weighted by Gasteiger charge is -2.51. The molecule has 2 aliphatic rings. The van der Waals surface area contributed by atoms with Gasteiger partial charge >= 0.3 is 6.03 Å². The molecule has 2 atom stereocenters. The lowest BCUT2D eigenvalue weighted by Crippen LogP contribution is -2.63. The van der Waals surface area contributed by atoms with E-state index in [0.717, 1.165) is 38.3 Å². The van der Waals surface area contributed by atoms with Gasteiger partial charge in [-0.1, -0.05) is 20.8 Å². The quantitative estimate of drug-likeness (QED) is 0.821. The van der Waals surface area contributed by atoms with Gasteiger partial charge in [0.1, 0.15) is 0 Å². The predicted octanol–water partition coefficient (Wildman–Crippen LogP) is 2.24. The second-order valence-corrected chi connectivity index (χ2v) is 6.45. The van der Waals surface area contributed by atoms with Gasteiger partial charge in [0.25, 0.3) is 0 Å². The second kappa shape index (κ2) is 5.08. The van der Waals surface area contributed by atoms with Crippen LogP contribution in [0.3, 0.4) is 0 Å². The SMILES string of the molecule is COC1CC(NC(=O)N2CCC(C)CC2)C1(C)C. The van der Waals surface area contributed by atoms with E-state index in [1.54, 1.807) is 7.11 Å². The van der Waals surface area contributed by atoms with Gasteiger partial charge in [-0.05, 0) is 25.2 Å². The number of nitrogens with zero attached hydrogens (tertiary/aromatic N) is 1. The zero-order valence-electron chi connectivity index (χ0n) is 12.0. The van der Waals surface area contributed by atoms with E-state index < -0.39 is 0 Å². The van der Waals surface area contributed by atoms with Gasteiger partial charge in [0.2, 0.25) is 0 Å². The first kappa shape index (κ1) is 13.7. The van der Waals surface area contributed by atoms with Crippen molar-refractivity contribution >= 4 is 6.03 Å². The number of nitrogens with one attached hydrogen (secondary N) is 1. The summed E-state index contributed by atoms with van der Waals surface area (Å²) in [4.78, 5) is 14.1. The smallest absolute Gasteiger partial charge is 0.317 e. The first-order chi connectivity index (χ1) is 8.45. The van der Waals surface area contributed by atoms with E-state index in [9.17, 15) is 4.79 Å². The lowest BCUT2D eigenvalue weighted by atomic mass is 9.64. The molecule has 2 rings (SSSR count). The van der Waals surface area contributed by atoms with Crippen LogP contribution in [0, 0.1) is 11.3 Å². The van der Waals surface area contributed by atoms with Gasteiger partial charge in [0, 0.05) is 31.7 Å². The van der Waals surface area contributed by atoms with E-state index in [0.29, 0.717) is 0 Å². The number of hydrogen-bond donors (Lipinski definition) is 1. The van der Waals surface area contributed by atoms with Crippen molar-refractivity contribution in [1.82, 2.24) is 10.2 Å². The summed E-state index contributed by atoms with van der Waals surface area (Å²) in [5, 5.41) is 3.16. The topological polar surface area (TPSA) is 41.6 Å². The molecule has 0 aromatic rings. The monoisotopic (exact) mass is 254 g/mol. The minimum Gasteiger partial charge on any atom is -0.381 e. The first-order valence-corrected chi connectivity index (χ1v) is 7.03. The molecule has 1 saturated heterocycles. The molecule has 4 heteroatoms. The largest absolute Gasteiger partial charge is 0.381 e. The summed E-state index contributed by atoms with van der Waals surface area (Å²) in [6.45, 7) is 8.37. The fourth-order valence-corrected chi connectivity index (χ4v) is 2.98. The molecule has 0 aromatic heterocycles. The molecule has 0 radical (unpaired) electrons. The van der Waals surface area contributed by atoms with Crippen molar-refractivity contribution in [3.05, 3.63) is 0 Å². The van der Waals surface area contributed by atoms with Crippen molar-refractivity contribution in [2.24, 2.45) is 11.3 Å². The number of amides is 2. The second-order valence-electron chi connectivity index (χ2n) is 6.45. The summed E-state index contributed by atoms with van der Waals surface area (Å²) in [6, 6.07) is 0.351. The number of ether oxygens (including phenoxy) is 1. The fraction of sp³-hybridized carbons (Fsp3) is 0.929. The maximum atomic E-state index is 12.2. The van der Waals surface area contributed by atoms with Crippen LogP contribution < -0.4 is 5.32 Å². The Labute approximate surface area is 110 Å². The van der Waals surface area contributed by atoms with Crippen molar-refractivity contribution in [2.45, 2.75) is 52.2 Å². The van der Waals surface area contributed by atoms with Gasteiger partial charge in [0.05, 0.1) is 6.10 Å². The van der Waals surface area contributed by atoms with Crippen molar-refractivity contribution < 1.29 is 9.53 Å². The summed E-state index contributed by atoms with van der Waals surface area (Å²) in [7, 11) is 1.75. The molecule has 0 spiro atoms. The van der Waals surface area contributed by atoms with Crippen molar-refractivity contribution in [2.75, 3.05) is 20.2 Å². The molecule has 1 aliphatic carbocycles. The average Bonchev–Trinajstić information content (AvgIpc) is 2.34. The van der Waals surface area contributed by atoms with E-state index in [-0.39, 0.29) is 23.6 Å². The van der Waals surface area contributed by atoms with Crippen molar-refractivity contribution in [1.29, 1.82) is 0 Å². The van der Waals surface area contributed by atoms with Gasteiger partial charge in [-0.15, -0.1) is 0 Å². The van der Waals surface area contributed by atoms with E-state index in [2.05, 4.69) is 26.1 Å². The zero-order chi connectivity index (χ0) is 13.3. The molecular formula is C14H26N2O2. The molecule has 1 aliphatic heterocycles. The molecule has 4 nitrogen and oxygen atoms in total. The normalized spacial score (nSPS) is 31.9. The number of carbonyl (C=O) groups excluding carboxylic acids is 1. The molecular weight excluding hydrogens is 228 g/mol. The van der Waals surface area contributed by atoms with Crippen LogP contribution in [-0.2, 0) is 4.74 Å². The van der Waals surface area contributed by atoms with Crippen LogP contribution in [0.25, 0.3) is 0 Å². The number of methoxy groups -OCH3 is 1. The third-order valence-electron chi connectivity index (χ3n) is 4.83. The molecule has 2 amide bonds. The van der Waals surface area contributed by atoms with Gasteiger partial charge in [0.15, 0.2) is 0 Å². The Morgan fingerprint density at radius 2 is 1.94 bits per heavy atom. The van der Waals surface area contributed by atoms with Gasteiger partial charge in [-0.3, -0.25) is 0 Å². The summed E-state index contributed by atoms with van der Waals surface area (Å²) in [5.41, 5.74) is 0.0491. The third kappa shape index (κ3) is 2.48. The highest BCUT2D eigenvalue weighted by atomic mass is 16.5. The van der Waals surface area contributed by atoms with E-state index >= 15 is 0 Å². The van der Waals surface area contributed by atoms with Crippen LogP contribution in [0.5, 0.6) is 0 Å². The summed E-state index contributed by atoms with van der Waals surface area (Å²) in [6.07, 6.45) is 3.45. The third-order valence-corrected chi connectivity index (χ3v) is 4.83. The number of carbonyl (C=O) groups is 1. The number of likely N-dealkylation sites (tertiary alicyclic amines) is 1. The Morgan fingerprint density at radius 3 is 2.44 bits per heavy atom. The zero-order valence-corrected chi connectivity index (χ0v) is 12.0. The molecule has 104 valence electrons. The van der Waals surface area contributed by atoms with Crippen molar-refractivity contribution in [3.63, 3.8) is 0 Å². The molecule has 0 aromatic carbocycles. The Hall–Kier alpha value is -0.770. The highest BCUT2D eigenvalue weighted by molar-refractivity contribution is 5.75. The fourth-order valence-electron chi connectivity index (χ4n) is 2.98. The lowest BCUT2D eigenvalue weighted by molar-refractivity contribution is -0.0945. The minimum atomic E-state index is 0.0491. The summed E-state index contributed by atoms with van der Waals surface area (Å²) >= 11 is 0. The van der Waals surface area contributed by atoms with Crippen molar-refractivity contribution in [3.8, 4) is 0 Å².